The summed E-state index contributed by atoms with van der Waals surface area (Å²) in [5.41, 5.74) is 3.27. The molecule has 1 N–H and O–H groups in total. The minimum absolute atomic E-state index is 0.0322. The van der Waals surface area contributed by atoms with Gasteiger partial charge in [0.1, 0.15) is 18.1 Å². The van der Waals surface area contributed by atoms with E-state index in [1.807, 2.05) is 25.1 Å². The molecule has 1 saturated carbocycles. The van der Waals surface area contributed by atoms with Crippen LogP contribution in [0.5, 0.6) is 5.75 Å². The van der Waals surface area contributed by atoms with Crippen molar-refractivity contribution in [2.24, 2.45) is 17.8 Å². The summed E-state index contributed by atoms with van der Waals surface area (Å²) in [5.74, 6) is 0.382. The van der Waals surface area contributed by atoms with Crippen LogP contribution in [0.25, 0.3) is 0 Å². The zero-order valence-corrected chi connectivity index (χ0v) is 24.9. The van der Waals surface area contributed by atoms with Crippen LogP contribution < -0.4 is 14.4 Å². The molecule has 7 nitrogen and oxygen atoms in total. The van der Waals surface area contributed by atoms with E-state index in [2.05, 4.69) is 9.62 Å². The molecule has 216 valence electrons. The van der Waals surface area contributed by atoms with Gasteiger partial charge in [0.05, 0.1) is 10.9 Å². The van der Waals surface area contributed by atoms with Crippen molar-refractivity contribution in [1.82, 2.24) is 4.72 Å². The number of anilines is 1. The minimum Gasteiger partial charge on any atom is -0.487 e. The second kappa shape index (κ2) is 12.1. The molecule has 0 spiro atoms. The number of fused-ring (bicyclic) bond motifs is 3. The number of hydrogen-bond donors (Lipinski definition) is 1. The summed E-state index contributed by atoms with van der Waals surface area (Å²) in [6.07, 6.45) is 6.40. The molecule has 1 aliphatic carbocycles. The summed E-state index contributed by atoms with van der Waals surface area (Å²) >= 11 is 6.29. The van der Waals surface area contributed by atoms with Crippen molar-refractivity contribution >= 4 is 39.0 Å². The van der Waals surface area contributed by atoms with Crippen molar-refractivity contribution in [2.75, 3.05) is 18.0 Å². The molecule has 0 radical (unpaired) electrons. The molecule has 0 aromatic heterocycles. The van der Waals surface area contributed by atoms with E-state index in [4.69, 9.17) is 16.3 Å². The molecule has 2 unspecified atom stereocenters. The third kappa shape index (κ3) is 6.33. The Morgan fingerprint density at radius 3 is 2.55 bits per heavy atom. The third-order valence-electron chi connectivity index (χ3n) is 9.13. The Balaban J connectivity index is 1.53. The highest BCUT2D eigenvalue weighted by Crippen LogP contribution is 2.40. The van der Waals surface area contributed by atoms with E-state index in [0.717, 1.165) is 49.9 Å². The molecule has 2 aromatic carbocycles. The molecule has 2 aromatic rings. The van der Waals surface area contributed by atoms with Gasteiger partial charge in [0.15, 0.2) is 0 Å². The standard InChI is InChI=1S/C31H39ClN2O5S/c1-20-6-5-8-29(35)27-13-10-24(27)18-34-15-4-3-7-22-16-26(32)12-9-25(22)19-39-30-14-11-23(17-28(30)34)31(36)33-40(37,38)21(20)2/h9,11-12,14,16-17,20-21,24,27H,3-8,10,13,15,18-19H2,1-2H3,(H,33,36)/t20?,21?,24-,27+/m0/s1. The minimum atomic E-state index is -3.90. The van der Waals surface area contributed by atoms with Crippen molar-refractivity contribution in [2.45, 2.75) is 77.1 Å². The lowest BCUT2D eigenvalue weighted by molar-refractivity contribution is -0.127. The van der Waals surface area contributed by atoms with E-state index in [-0.39, 0.29) is 29.1 Å². The molecule has 1 amide bonds. The first-order valence-corrected chi connectivity index (χ1v) is 16.4. The predicted octanol–water partition coefficient (Wildman–Crippen LogP) is 5.93. The van der Waals surface area contributed by atoms with E-state index >= 15 is 0 Å². The van der Waals surface area contributed by atoms with Crippen molar-refractivity contribution < 1.29 is 22.7 Å². The Bertz CT molecular complexity index is 1380. The number of rotatable bonds is 0. The number of carbonyl (C=O) groups excluding carboxylic acids is 2. The van der Waals surface area contributed by atoms with Crippen LogP contribution in [-0.4, -0.2) is 38.4 Å². The van der Waals surface area contributed by atoms with Gasteiger partial charge in [0, 0.05) is 36.0 Å². The van der Waals surface area contributed by atoms with Gasteiger partial charge in [0.2, 0.25) is 10.0 Å². The summed E-state index contributed by atoms with van der Waals surface area (Å²) < 4.78 is 34.9. The van der Waals surface area contributed by atoms with Crippen molar-refractivity contribution in [3.63, 3.8) is 0 Å². The average Bonchev–Trinajstić information content (AvgIpc) is 2.92. The molecule has 4 atom stereocenters. The lowest BCUT2D eigenvalue weighted by Gasteiger charge is -2.40. The quantitative estimate of drug-likeness (QED) is 0.412. The molecular weight excluding hydrogens is 548 g/mol. The van der Waals surface area contributed by atoms with Gasteiger partial charge < -0.3 is 9.64 Å². The fraction of sp³-hybridized carbons (Fsp3) is 0.548. The van der Waals surface area contributed by atoms with Crippen LogP contribution in [0.15, 0.2) is 36.4 Å². The smallest absolute Gasteiger partial charge is 0.264 e. The number of Topliss-reactive ketones (excluding diaryl/α,β-unsaturated/α-hetero) is 1. The molecular formula is C31H39ClN2O5S. The number of hydrogen-bond acceptors (Lipinski definition) is 6. The van der Waals surface area contributed by atoms with Gasteiger partial charge in [-0.25, -0.2) is 13.1 Å². The number of ketones is 1. The van der Waals surface area contributed by atoms with Gasteiger partial charge in [-0.3, -0.25) is 9.59 Å². The fourth-order valence-corrected chi connectivity index (χ4v) is 7.68. The topological polar surface area (TPSA) is 92.8 Å². The summed E-state index contributed by atoms with van der Waals surface area (Å²) in [6, 6.07) is 11.0. The monoisotopic (exact) mass is 586 g/mol. The van der Waals surface area contributed by atoms with E-state index < -0.39 is 21.2 Å². The van der Waals surface area contributed by atoms with Crippen molar-refractivity contribution in [1.29, 1.82) is 0 Å². The molecule has 9 heteroatoms. The summed E-state index contributed by atoms with van der Waals surface area (Å²) in [4.78, 5) is 28.7. The SMILES string of the molecule is CC1CCCC(=O)[C@@H]2CC[C@H]2CN2CCCCc3cc(Cl)ccc3COc3ccc(cc32)C(=O)NS(=O)(=O)C1C. The zero-order chi connectivity index (χ0) is 28.4. The number of nitrogens with one attached hydrogen (secondary N) is 1. The number of nitrogens with zero attached hydrogens (tertiary/aromatic N) is 1. The van der Waals surface area contributed by atoms with Crippen LogP contribution in [0.2, 0.25) is 5.02 Å². The summed E-state index contributed by atoms with van der Waals surface area (Å²) in [6.45, 7) is 5.29. The van der Waals surface area contributed by atoms with Crippen LogP contribution in [-0.2, 0) is 27.8 Å². The Morgan fingerprint density at radius 2 is 1.77 bits per heavy atom. The first kappa shape index (κ1) is 28.9. The number of carbonyl (C=O) groups is 2. The zero-order valence-electron chi connectivity index (χ0n) is 23.3. The van der Waals surface area contributed by atoms with E-state index in [9.17, 15) is 18.0 Å². The molecule has 0 saturated heterocycles. The Kier molecular flexibility index (Phi) is 8.76. The highest BCUT2D eigenvalue weighted by Gasteiger charge is 2.38. The number of ether oxygens (including phenoxy) is 1. The fourth-order valence-electron chi connectivity index (χ4n) is 6.18. The molecule has 5 rings (SSSR count). The second-order valence-electron chi connectivity index (χ2n) is 11.7. The van der Waals surface area contributed by atoms with Gasteiger partial charge in [-0.15, -0.1) is 0 Å². The van der Waals surface area contributed by atoms with Crippen LogP contribution in [0, 0.1) is 17.8 Å². The highest BCUT2D eigenvalue weighted by molar-refractivity contribution is 7.90. The number of aryl methyl sites for hydroxylation is 1. The molecule has 2 aliphatic heterocycles. The maximum atomic E-state index is 13.3. The number of sulfonamides is 1. The van der Waals surface area contributed by atoms with Gasteiger partial charge in [-0.1, -0.05) is 24.6 Å². The van der Waals surface area contributed by atoms with Crippen LogP contribution in [0.1, 0.15) is 80.3 Å². The van der Waals surface area contributed by atoms with Gasteiger partial charge >= 0.3 is 0 Å². The number of halogens is 1. The predicted molar refractivity (Wildman–Crippen MR) is 157 cm³/mol. The maximum Gasteiger partial charge on any atom is 0.264 e. The van der Waals surface area contributed by atoms with Crippen molar-refractivity contribution in [3.8, 4) is 5.75 Å². The Hall–Kier alpha value is -2.58. The van der Waals surface area contributed by atoms with E-state index in [0.29, 0.717) is 43.2 Å². The first-order valence-electron chi connectivity index (χ1n) is 14.5. The maximum absolute atomic E-state index is 13.3. The van der Waals surface area contributed by atoms with Crippen LogP contribution >= 0.6 is 11.6 Å². The van der Waals surface area contributed by atoms with Gasteiger partial charge in [-0.2, -0.15) is 0 Å². The Labute approximate surface area is 242 Å². The van der Waals surface area contributed by atoms with E-state index in [1.54, 1.807) is 25.1 Å². The molecule has 3 aliphatic rings. The molecule has 2 bridgehead atoms. The summed E-state index contributed by atoms with van der Waals surface area (Å²) in [7, 11) is -3.90. The number of benzene rings is 2. The van der Waals surface area contributed by atoms with E-state index in [1.165, 1.54) is 5.56 Å². The van der Waals surface area contributed by atoms with Crippen molar-refractivity contribution in [3.05, 3.63) is 58.1 Å². The first-order chi connectivity index (χ1) is 19.1. The number of amides is 1. The normalized spacial score (nSPS) is 27.6. The molecule has 1 fully saturated rings. The van der Waals surface area contributed by atoms with Gasteiger partial charge in [0.25, 0.3) is 5.91 Å². The summed E-state index contributed by atoms with van der Waals surface area (Å²) in [5, 5.41) is -0.0562. The molecule has 2 heterocycles. The Morgan fingerprint density at radius 1 is 0.950 bits per heavy atom. The molecule has 40 heavy (non-hydrogen) atoms. The second-order valence-corrected chi connectivity index (χ2v) is 14.2. The average molecular weight is 587 g/mol. The third-order valence-corrected chi connectivity index (χ3v) is 11.3. The lowest BCUT2D eigenvalue weighted by Crippen LogP contribution is -2.43. The lowest BCUT2D eigenvalue weighted by atomic mass is 9.70. The highest BCUT2D eigenvalue weighted by atomic mass is 35.5. The van der Waals surface area contributed by atoms with Crippen LogP contribution in [0.3, 0.4) is 0 Å². The van der Waals surface area contributed by atoms with Gasteiger partial charge in [-0.05, 0) is 105 Å². The van der Waals surface area contributed by atoms with Crippen LogP contribution in [0.4, 0.5) is 5.69 Å². The largest absolute Gasteiger partial charge is 0.487 e.